The number of alkyl halides is 3. The topological polar surface area (TPSA) is 67.4 Å². The molecule has 2 atom stereocenters. The molecule has 2 heterocycles. The number of carbonyl (C=O) groups is 2. The fourth-order valence-electron chi connectivity index (χ4n) is 6.22. The standard InChI is InChI=1S/C20H23F3N2O3S/c21-20(22,23)9-24-16(26)15-13-1-2-28-8-14(13)29-17(15)25-18(27)19-6-10-3-11(7-19)5-12(19)4-10/h10-12H,1-9H2,(H,24,26)(H,25,27). The number of fused-ring (bicyclic) bond motifs is 1. The van der Waals surface area contributed by atoms with Gasteiger partial charge in [0.15, 0.2) is 0 Å². The predicted octanol–water partition coefficient (Wildman–Crippen LogP) is 3.88. The Balaban J connectivity index is 1.42. The van der Waals surface area contributed by atoms with E-state index in [9.17, 15) is 22.8 Å². The molecular formula is C20H23F3N2O3S. The van der Waals surface area contributed by atoms with Crippen molar-refractivity contribution in [3.8, 4) is 0 Å². The van der Waals surface area contributed by atoms with Crippen molar-refractivity contribution in [3.05, 3.63) is 16.0 Å². The highest BCUT2D eigenvalue weighted by Crippen LogP contribution is 2.65. The lowest BCUT2D eigenvalue weighted by Crippen LogP contribution is -2.38. The molecule has 1 aromatic heterocycles. The molecule has 1 aromatic rings. The van der Waals surface area contributed by atoms with Gasteiger partial charge in [0.1, 0.15) is 11.5 Å². The van der Waals surface area contributed by atoms with Crippen LogP contribution >= 0.6 is 11.3 Å². The zero-order chi connectivity index (χ0) is 20.4. The van der Waals surface area contributed by atoms with Gasteiger partial charge < -0.3 is 15.4 Å². The van der Waals surface area contributed by atoms with E-state index in [1.807, 2.05) is 5.32 Å². The number of hydrogen-bond acceptors (Lipinski definition) is 4. The number of ether oxygens (including phenoxy) is 1. The number of amides is 2. The van der Waals surface area contributed by atoms with Gasteiger partial charge in [-0.15, -0.1) is 11.3 Å². The Morgan fingerprint density at radius 2 is 1.90 bits per heavy atom. The van der Waals surface area contributed by atoms with Gasteiger partial charge in [-0.3, -0.25) is 9.59 Å². The normalized spacial score (nSPS) is 32.3. The van der Waals surface area contributed by atoms with Crippen LogP contribution in [0.4, 0.5) is 18.2 Å². The van der Waals surface area contributed by atoms with Gasteiger partial charge in [-0.2, -0.15) is 13.2 Å². The van der Waals surface area contributed by atoms with Crippen LogP contribution in [-0.4, -0.2) is 31.1 Å². The van der Waals surface area contributed by atoms with Crippen molar-refractivity contribution in [2.24, 2.45) is 23.2 Å². The Labute approximate surface area is 170 Å². The van der Waals surface area contributed by atoms with E-state index in [0.717, 1.165) is 30.6 Å². The van der Waals surface area contributed by atoms with E-state index in [2.05, 4.69) is 5.32 Å². The monoisotopic (exact) mass is 428 g/mol. The molecule has 4 saturated carbocycles. The van der Waals surface area contributed by atoms with Gasteiger partial charge in [-0.05, 0) is 61.8 Å². The van der Waals surface area contributed by atoms with Crippen molar-refractivity contribution in [3.63, 3.8) is 0 Å². The van der Waals surface area contributed by atoms with Crippen LogP contribution in [0.15, 0.2) is 0 Å². The van der Waals surface area contributed by atoms with E-state index in [1.54, 1.807) is 0 Å². The minimum atomic E-state index is -4.49. The Bertz CT molecular complexity index is 852. The van der Waals surface area contributed by atoms with E-state index < -0.39 is 18.6 Å². The second kappa shape index (κ2) is 6.70. The molecule has 5 aliphatic rings. The summed E-state index contributed by atoms with van der Waals surface area (Å²) in [5.74, 6) is 0.769. The number of nitrogens with one attached hydrogen (secondary N) is 2. The van der Waals surface area contributed by atoms with Gasteiger partial charge >= 0.3 is 6.18 Å². The number of carbonyl (C=O) groups excluding carboxylic acids is 2. The lowest BCUT2D eigenvalue weighted by atomic mass is 9.75. The van der Waals surface area contributed by atoms with E-state index in [-0.39, 0.29) is 16.9 Å². The van der Waals surface area contributed by atoms with Gasteiger partial charge in [-0.1, -0.05) is 0 Å². The summed E-state index contributed by atoms with van der Waals surface area (Å²) >= 11 is 1.25. The van der Waals surface area contributed by atoms with Crippen LogP contribution in [0, 0.1) is 23.2 Å². The Kier molecular flexibility index (Phi) is 4.47. The molecule has 1 aliphatic heterocycles. The summed E-state index contributed by atoms with van der Waals surface area (Å²) in [5, 5.41) is 5.31. The molecule has 4 bridgehead atoms. The molecule has 158 valence electrons. The van der Waals surface area contributed by atoms with E-state index in [1.165, 1.54) is 17.8 Å². The maximum Gasteiger partial charge on any atom is 0.405 e. The molecule has 6 rings (SSSR count). The second-order valence-electron chi connectivity index (χ2n) is 8.96. The smallest absolute Gasteiger partial charge is 0.376 e. The minimum absolute atomic E-state index is 0.0587. The summed E-state index contributed by atoms with van der Waals surface area (Å²) in [5.41, 5.74) is 0.514. The molecule has 0 aromatic carbocycles. The molecule has 5 nitrogen and oxygen atoms in total. The highest BCUT2D eigenvalue weighted by Gasteiger charge is 2.61. The quantitative estimate of drug-likeness (QED) is 0.765. The number of anilines is 1. The van der Waals surface area contributed by atoms with Gasteiger partial charge in [0.2, 0.25) is 5.91 Å². The van der Waals surface area contributed by atoms with Crippen LogP contribution in [0.2, 0.25) is 0 Å². The molecule has 0 radical (unpaired) electrons. The first-order chi connectivity index (χ1) is 13.7. The first kappa shape index (κ1) is 19.4. The maximum atomic E-state index is 13.3. The number of rotatable bonds is 4. The van der Waals surface area contributed by atoms with Gasteiger partial charge in [0.05, 0.1) is 24.2 Å². The summed E-state index contributed by atoms with van der Waals surface area (Å²) < 4.78 is 43.2. The van der Waals surface area contributed by atoms with Crippen molar-refractivity contribution in [2.75, 3.05) is 18.5 Å². The summed E-state index contributed by atoms with van der Waals surface area (Å²) in [6, 6.07) is 0. The second-order valence-corrected chi connectivity index (χ2v) is 10.1. The third-order valence-electron chi connectivity index (χ3n) is 7.17. The first-order valence-corrected chi connectivity index (χ1v) is 11.0. The van der Waals surface area contributed by atoms with Crippen LogP contribution in [0.1, 0.15) is 52.9 Å². The first-order valence-electron chi connectivity index (χ1n) is 10.1. The fourth-order valence-corrected chi connectivity index (χ4v) is 7.40. The van der Waals surface area contributed by atoms with Crippen molar-refractivity contribution in [1.82, 2.24) is 5.32 Å². The van der Waals surface area contributed by atoms with Crippen molar-refractivity contribution >= 4 is 28.2 Å². The Hall–Kier alpha value is -1.61. The molecule has 4 fully saturated rings. The zero-order valence-corrected chi connectivity index (χ0v) is 16.7. The van der Waals surface area contributed by atoms with E-state index >= 15 is 0 Å². The van der Waals surface area contributed by atoms with Crippen LogP contribution in [0.25, 0.3) is 0 Å². The zero-order valence-electron chi connectivity index (χ0n) is 15.9. The highest BCUT2D eigenvalue weighted by atomic mass is 32.1. The van der Waals surface area contributed by atoms with Crippen LogP contribution < -0.4 is 10.6 Å². The SMILES string of the molecule is O=C(NCC(F)(F)F)c1c(NC(=O)C23CC4CC(CC2C4)C3)sc2c1CCOC2. The average molecular weight is 428 g/mol. The fraction of sp³-hybridized carbons (Fsp3) is 0.700. The average Bonchev–Trinajstić information content (AvgIpc) is 3.23. The minimum Gasteiger partial charge on any atom is -0.376 e. The Morgan fingerprint density at radius 3 is 2.59 bits per heavy atom. The molecule has 0 saturated heterocycles. The number of thiophene rings is 1. The number of hydrogen-bond donors (Lipinski definition) is 2. The van der Waals surface area contributed by atoms with Crippen molar-refractivity contribution in [2.45, 2.75) is 51.3 Å². The summed E-state index contributed by atoms with van der Waals surface area (Å²) in [4.78, 5) is 26.8. The van der Waals surface area contributed by atoms with Crippen LogP contribution in [0.3, 0.4) is 0 Å². The van der Waals surface area contributed by atoms with E-state index in [4.69, 9.17) is 4.74 Å². The van der Waals surface area contributed by atoms with Gasteiger partial charge in [0.25, 0.3) is 5.91 Å². The predicted molar refractivity (Wildman–Crippen MR) is 101 cm³/mol. The lowest BCUT2D eigenvalue weighted by molar-refractivity contribution is -0.127. The summed E-state index contributed by atoms with van der Waals surface area (Å²) in [7, 11) is 0. The maximum absolute atomic E-state index is 13.3. The van der Waals surface area contributed by atoms with Crippen molar-refractivity contribution < 1.29 is 27.5 Å². The summed E-state index contributed by atoms with van der Waals surface area (Å²) in [6.07, 6.45) is 1.15. The van der Waals surface area contributed by atoms with Crippen molar-refractivity contribution in [1.29, 1.82) is 0 Å². The summed E-state index contributed by atoms with van der Waals surface area (Å²) in [6.45, 7) is -0.672. The molecule has 2 amide bonds. The molecule has 29 heavy (non-hydrogen) atoms. The highest BCUT2D eigenvalue weighted by molar-refractivity contribution is 7.17. The molecular weight excluding hydrogens is 405 g/mol. The van der Waals surface area contributed by atoms with E-state index in [0.29, 0.717) is 48.0 Å². The van der Waals surface area contributed by atoms with Gasteiger partial charge in [0, 0.05) is 4.88 Å². The molecule has 0 spiro atoms. The Morgan fingerprint density at radius 1 is 1.17 bits per heavy atom. The largest absolute Gasteiger partial charge is 0.405 e. The molecule has 9 heteroatoms. The van der Waals surface area contributed by atoms with Crippen LogP contribution in [-0.2, 0) is 22.6 Å². The lowest BCUT2D eigenvalue weighted by Gasteiger charge is -2.31. The number of halogens is 3. The van der Waals surface area contributed by atoms with Crippen LogP contribution in [0.5, 0.6) is 0 Å². The molecule has 2 N–H and O–H groups in total. The third-order valence-corrected chi connectivity index (χ3v) is 8.29. The molecule has 2 unspecified atom stereocenters. The molecule has 4 aliphatic carbocycles. The van der Waals surface area contributed by atoms with Gasteiger partial charge in [-0.25, -0.2) is 0 Å². The third kappa shape index (κ3) is 3.26.